The van der Waals surface area contributed by atoms with Gasteiger partial charge in [-0.1, -0.05) is 130 Å². The van der Waals surface area contributed by atoms with E-state index in [1.165, 1.54) is 64.2 Å². The fourth-order valence-electron chi connectivity index (χ4n) is 16.1. The van der Waals surface area contributed by atoms with Crippen LogP contribution in [-0.2, 0) is 22.7 Å². The zero-order valence-electron chi connectivity index (χ0n) is 60.7. The van der Waals surface area contributed by atoms with E-state index in [4.69, 9.17) is 28.4 Å². The summed E-state index contributed by atoms with van der Waals surface area (Å²) in [7, 11) is 9.06. The molecule has 0 aromatic heterocycles. The van der Waals surface area contributed by atoms with Gasteiger partial charge in [0.1, 0.15) is 46.3 Å². The number of hydrogen-bond donors (Lipinski definition) is 2. The molecule has 0 bridgehead atoms. The third-order valence-corrected chi connectivity index (χ3v) is 21.9. The van der Waals surface area contributed by atoms with Gasteiger partial charge < -0.3 is 38.6 Å². The predicted octanol–water partition coefficient (Wildman–Crippen LogP) is 21.7. The minimum atomic E-state index is -0.375. The van der Waals surface area contributed by atoms with Gasteiger partial charge in [0.25, 0.3) is 0 Å². The van der Waals surface area contributed by atoms with Crippen molar-refractivity contribution in [1.29, 1.82) is 0 Å². The van der Waals surface area contributed by atoms with Gasteiger partial charge in [-0.3, -0.25) is 0 Å². The van der Waals surface area contributed by atoms with Crippen LogP contribution in [0.5, 0.6) is 23.0 Å². The zero-order valence-corrected chi connectivity index (χ0v) is 60.7. The van der Waals surface area contributed by atoms with Gasteiger partial charge >= 0.3 is 11.9 Å². The van der Waals surface area contributed by atoms with Gasteiger partial charge in [0, 0.05) is 22.3 Å². The largest absolute Gasteiger partial charge is 0.497 e. The van der Waals surface area contributed by atoms with Gasteiger partial charge in [-0.15, -0.1) is 0 Å². The van der Waals surface area contributed by atoms with E-state index in [-0.39, 0.29) is 81.9 Å². The molecule has 0 spiro atoms. The molecule has 0 unspecified atom stereocenters. The Morgan fingerprint density at radius 2 is 0.580 bits per heavy atom. The molecule has 2 N–H and O–H groups in total. The van der Waals surface area contributed by atoms with Crippen LogP contribution in [0.2, 0.25) is 0 Å². The number of carbonyl (C=O) groups is 2. The van der Waals surface area contributed by atoms with Crippen molar-refractivity contribution in [2.75, 3.05) is 42.7 Å². The van der Waals surface area contributed by atoms with Crippen LogP contribution in [0.25, 0.3) is 44.5 Å². The molecule has 0 aliphatic heterocycles. The van der Waals surface area contributed by atoms with Crippen LogP contribution in [0.15, 0.2) is 146 Å². The summed E-state index contributed by atoms with van der Waals surface area (Å²) in [4.78, 5) is 24.1. The molecule has 4 aliphatic rings. The molecule has 8 aromatic rings. The Morgan fingerprint density at radius 1 is 0.340 bits per heavy atom. The summed E-state index contributed by atoms with van der Waals surface area (Å²) in [6.07, 6.45) is 13.4. The van der Waals surface area contributed by atoms with Crippen LogP contribution in [-0.4, -0.2) is 64.8 Å². The summed E-state index contributed by atoms with van der Waals surface area (Å²) in [5.74, 6) is 1.92. The van der Waals surface area contributed by atoms with Crippen LogP contribution in [0.1, 0.15) is 210 Å². The van der Waals surface area contributed by atoms with Crippen LogP contribution in [0.4, 0.5) is 17.6 Å². The lowest BCUT2D eigenvalue weighted by atomic mass is 9.75. The Kier molecular flexibility index (Phi) is 24.6. The highest BCUT2D eigenvalue weighted by molar-refractivity contribution is 5.92. The Morgan fingerprint density at radius 3 is 0.790 bits per heavy atom. The minimum Gasteiger partial charge on any atom is -0.497 e. The van der Waals surface area contributed by atoms with Gasteiger partial charge in [-0.25, -0.2) is 27.2 Å². The summed E-state index contributed by atoms with van der Waals surface area (Å²) in [5.41, 5.74) is 13.1. The van der Waals surface area contributed by atoms with Crippen molar-refractivity contribution in [2.24, 2.45) is 21.7 Å². The van der Waals surface area contributed by atoms with Crippen molar-refractivity contribution in [3.63, 3.8) is 0 Å². The Balaban J connectivity index is 0.000000156. The first-order valence-electron chi connectivity index (χ1n) is 34.9. The highest BCUT2D eigenvalue weighted by Gasteiger charge is 2.41. The molecule has 0 heterocycles. The molecule has 12 rings (SSSR count). The number of aliphatic hydroxyl groups excluding tert-OH is 2. The minimum absolute atomic E-state index is 0.00101. The number of ether oxygens (including phenoxy) is 6. The molecule has 0 amide bonds. The van der Waals surface area contributed by atoms with Crippen LogP contribution in [0, 0.1) is 44.9 Å². The first kappa shape index (κ1) is 75.7. The summed E-state index contributed by atoms with van der Waals surface area (Å²) in [6, 6.07) is 41.7. The lowest BCUT2D eigenvalue weighted by Gasteiger charge is -2.30. The van der Waals surface area contributed by atoms with Crippen molar-refractivity contribution in [3.05, 3.63) is 213 Å². The van der Waals surface area contributed by atoms with Crippen molar-refractivity contribution in [1.82, 2.24) is 0 Å². The molecule has 100 heavy (non-hydrogen) atoms. The molecule has 8 aromatic carbocycles. The van der Waals surface area contributed by atoms with Gasteiger partial charge in [-0.05, 0) is 249 Å². The van der Waals surface area contributed by atoms with Crippen LogP contribution >= 0.6 is 0 Å². The van der Waals surface area contributed by atoms with E-state index < -0.39 is 0 Å². The lowest BCUT2D eigenvalue weighted by Crippen LogP contribution is -2.17. The van der Waals surface area contributed by atoms with Gasteiger partial charge in [-0.2, -0.15) is 0 Å². The summed E-state index contributed by atoms with van der Waals surface area (Å²) < 4.78 is 89.2. The molecular weight excluding hydrogens is 1270 g/mol. The van der Waals surface area contributed by atoms with Crippen molar-refractivity contribution in [2.45, 2.75) is 169 Å². The van der Waals surface area contributed by atoms with Gasteiger partial charge in [0.15, 0.2) is 0 Å². The number of methoxy groups -OCH3 is 6. The molecule has 4 aliphatic carbocycles. The molecule has 0 radical (unpaired) electrons. The summed E-state index contributed by atoms with van der Waals surface area (Å²) in [6.45, 7) is 18.1. The monoisotopic (exact) mass is 1370 g/mol. The molecule has 4 atom stereocenters. The zero-order chi connectivity index (χ0) is 72.4. The second kappa shape index (κ2) is 32.5. The number of carbonyl (C=O) groups excluding carboxylic acids is 2. The van der Waals surface area contributed by atoms with E-state index in [1.807, 2.05) is 60.7 Å². The fourth-order valence-corrected chi connectivity index (χ4v) is 16.1. The maximum absolute atomic E-state index is 14.6. The van der Waals surface area contributed by atoms with Gasteiger partial charge in [0.2, 0.25) is 0 Å². The first-order chi connectivity index (χ1) is 47.7. The SMILES string of the molecule is COC(=O)c1ccc(-c2cc(OC)ccc2F)c([C@@H]2CCCC2(C)C)c1.COC(=O)c1ccc(-c2cc(OC)ccc2F)c([C@H]2CCCC2(C)C)c1.COc1ccc(F)c(-c2ccc(CO)cc2[C@@H]2CCCC2(C)C)c1.COc1ccc(F)c(-c2ccc(CO)cc2[C@H]2CCCC2(C)C)c1. The quantitative estimate of drug-likeness (QED) is 0.0712. The predicted molar refractivity (Wildman–Crippen MR) is 390 cm³/mol. The second-order valence-electron chi connectivity index (χ2n) is 29.9. The number of halogens is 4. The van der Waals surface area contributed by atoms with Crippen molar-refractivity contribution in [3.8, 4) is 67.5 Å². The topological polar surface area (TPSA) is 130 Å². The number of benzene rings is 8. The molecular formula is C86H100F4O10. The van der Waals surface area contributed by atoms with Gasteiger partial charge in [0.05, 0.1) is 67.0 Å². The summed E-state index contributed by atoms with van der Waals surface area (Å²) >= 11 is 0. The number of esters is 2. The van der Waals surface area contributed by atoms with Crippen LogP contribution in [0.3, 0.4) is 0 Å². The average molecular weight is 1370 g/mol. The highest BCUT2D eigenvalue weighted by atomic mass is 19.1. The lowest BCUT2D eigenvalue weighted by molar-refractivity contribution is 0.0591. The van der Waals surface area contributed by atoms with Crippen molar-refractivity contribution < 1.29 is 65.8 Å². The molecule has 10 nitrogen and oxygen atoms in total. The maximum Gasteiger partial charge on any atom is 0.337 e. The summed E-state index contributed by atoms with van der Waals surface area (Å²) in [5, 5.41) is 19.1. The van der Waals surface area contributed by atoms with Crippen molar-refractivity contribution >= 4 is 11.9 Å². The van der Waals surface area contributed by atoms with E-state index in [9.17, 15) is 37.4 Å². The third kappa shape index (κ3) is 16.9. The number of rotatable bonds is 16. The molecule has 14 heteroatoms. The Bertz CT molecular complexity index is 3920. The smallest absolute Gasteiger partial charge is 0.337 e. The Labute approximate surface area is 589 Å². The molecule has 532 valence electrons. The van der Waals surface area contributed by atoms with E-state index in [1.54, 1.807) is 89.1 Å². The molecule has 4 fully saturated rings. The average Bonchev–Trinajstić information content (AvgIpc) is 1.41. The molecule has 4 saturated carbocycles. The maximum atomic E-state index is 14.6. The van der Waals surface area contributed by atoms with E-state index in [0.29, 0.717) is 68.2 Å². The van der Waals surface area contributed by atoms with E-state index in [2.05, 4.69) is 55.4 Å². The standard InChI is InChI=1S/2C22H25FO3.2C21H25FO2/c2*1-22(2)11-5-6-19(22)17-12-14(21(24)26-4)7-9-16(17)18-13-15(25-3)8-10-20(18)23;2*1-21(2)10-4-5-19(21)17-11-14(13-23)6-8-16(17)18-12-15(24-3)7-9-20(18)22/h2*7-10,12-13,19H,5-6,11H2,1-4H3;2*6-9,11-12,19,23H,4-5,10,13H2,1-3H3/t4*19-/m1010/s1. The molecule has 0 saturated heterocycles. The number of hydrogen-bond acceptors (Lipinski definition) is 10. The van der Waals surface area contributed by atoms with Crippen LogP contribution < -0.4 is 18.9 Å². The van der Waals surface area contributed by atoms with E-state index >= 15 is 0 Å². The first-order valence-corrected chi connectivity index (χ1v) is 34.9. The Hall–Kier alpha value is -8.46. The van der Waals surface area contributed by atoms with E-state index in [0.717, 1.165) is 107 Å². The second-order valence-corrected chi connectivity index (χ2v) is 29.9. The number of aliphatic hydroxyl groups is 2. The highest BCUT2D eigenvalue weighted by Crippen LogP contribution is 2.56. The fraction of sp³-hybridized carbons (Fsp3) is 0.419. The normalized spacial score (nSPS) is 19.0. The third-order valence-electron chi connectivity index (χ3n) is 21.9.